The molecule has 1 heterocycles. The largest absolute Gasteiger partial charge is 0.444 e. The normalized spacial score (nSPS) is 20.3. The van der Waals surface area contributed by atoms with Gasteiger partial charge in [0, 0.05) is 32.7 Å². The Balaban J connectivity index is 1.69. The zero-order chi connectivity index (χ0) is 16.9. The van der Waals surface area contributed by atoms with E-state index in [0.717, 1.165) is 6.54 Å². The van der Waals surface area contributed by atoms with Gasteiger partial charge in [0.1, 0.15) is 5.60 Å². The molecule has 0 radical (unpaired) electrons. The van der Waals surface area contributed by atoms with Gasteiger partial charge in [0.05, 0.1) is 0 Å². The number of piperazine rings is 1. The van der Waals surface area contributed by atoms with Crippen LogP contribution in [0.15, 0.2) is 0 Å². The fraction of sp³-hybridized carbons (Fsp3) is 0.882. The molecule has 0 unspecified atom stereocenters. The molecule has 6 heteroatoms. The van der Waals surface area contributed by atoms with E-state index in [9.17, 15) is 9.59 Å². The van der Waals surface area contributed by atoms with Crippen LogP contribution in [-0.4, -0.2) is 60.2 Å². The molecule has 0 aromatic carbocycles. The summed E-state index contributed by atoms with van der Waals surface area (Å²) >= 11 is 0. The van der Waals surface area contributed by atoms with Crippen LogP contribution in [0, 0.1) is 5.92 Å². The van der Waals surface area contributed by atoms with Crippen molar-refractivity contribution in [2.45, 2.75) is 58.5 Å². The molecule has 0 bridgehead atoms. The van der Waals surface area contributed by atoms with E-state index < -0.39 is 5.60 Å². The van der Waals surface area contributed by atoms with Crippen LogP contribution in [0.5, 0.6) is 0 Å². The molecule has 2 aliphatic rings. The van der Waals surface area contributed by atoms with Gasteiger partial charge in [-0.15, -0.1) is 0 Å². The van der Waals surface area contributed by atoms with Crippen LogP contribution in [0.3, 0.4) is 0 Å². The number of amides is 3. The van der Waals surface area contributed by atoms with Crippen molar-refractivity contribution in [3.63, 3.8) is 0 Å². The molecule has 23 heavy (non-hydrogen) atoms. The van der Waals surface area contributed by atoms with Gasteiger partial charge >= 0.3 is 12.1 Å². The Morgan fingerprint density at radius 3 is 2.13 bits per heavy atom. The average molecular weight is 325 g/mol. The Hall–Kier alpha value is -1.46. The fourth-order valence-electron chi connectivity index (χ4n) is 3.15. The van der Waals surface area contributed by atoms with Gasteiger partial charge in [-0.05, 0) is 39.5 Å². The molecule has 0 aromatic rings. The summed E-state index contributed by atoms with van der Waals surface area (Å²) in [4.78, 5) is 27.7. The second kappa shape index (κ2) is 7.88. The fourth-order valence-corrected chi connectivity index (χ4v) is 3.15. The molecule has 6 nitrogen and oxygen atoms in total. The molecule has 2 fully saturated rings. The van der Waals surface area contributed by atoms with Crippen molar-refractivity contribution >= 4 is 12.1 Å². The average Bonchev–Trinajstić information content (AvgIpc) is 2.52. The zero-order valence-corrected chi connectivity index (χ0v) is 14.8. The minimum absolute atomic E-state index is 0.000544. The van der Waals surface area contributed by atoms with Crippen LogP contribution in [-0.2, 0) is 4.74 Å². The van der Waals surface area contributed by atoms with Crippen molar-refractivity contribution in [1.82, 2.24) is 15.1 Å². The number of carbonyl (C=O) groups excluding carboxylic acids is 2. The molecule has 3 amide bonds. The van der Waals surface area contributed by atoms with Crippen molar-refractivity contribution in [2.24, 2.45) is 5.92 Å². The summed E-state index contributed by atoms with van der Waals surface area (Å²) < 4.78 is 5.37. The molecule has 0 spiro atoms. The van der Waals surface area contributed by atoms with Crippen LogP contribution in [0.25, 0.3) is 0 Å². The van der Waals surface area contributed by atoms with Crippen molar-refractivity contribution in [2.75, 3.05) is 32.7 Å². The lowest BCUT2D eigenvalue weighted by molar-refractivity contribution is 0.0169. The topological polar surface area (TPSA) is 61.9 Å². The van der Waals surface area contributed by atoms with Gasteiger partial charge in [-0.2, -0.15) is 0 Å². The lowest BCUT2D eigenvalue weighted by Crippen LogP contribution is -2.54. The summed E-state index contributed by atoms with van der Waals surface area (Å²) in [5, 5.41) is 3.06. The van der Waals surface area contributed by atoms with E-state index in [1.807, 2.05) is 20.8 Å². The van der Waals surface area contributed by atoms with Gasteiger partial charge in [-0.3, -0.25) is 0 Å². The van der Waals surface area contributed by atoms with Crippen molar-refractivity contribution in [1.29, 1.82) is 0 Å². The molecule has 1 saturated carbocycles. The van der Waals surface area contributed by atoms with E-state index >= 15 is 0 Å². The first-order chi connectivity index (χ1) is 10.8. The van der Waals surface area contributed by atoms with Gasteiger partial charge in [0.15, 0.2) is 0 Å². The summed E-state index contributed by atoms with van der Waals surface area (Å²) in [6.07, 6.45) is 6.07. The second-order valence-electron chi connectivity index (χ2n) is 7.64. The standard InChI is InChI=1S/C17H31N3O3/c1-17(2,3)23-16(22)20-11-9-19(10-12-20)15(21)18-13-14-7-5-4-6-8-14/h14H,4-13H2,1-3H3,(H,18,21). The Labute approximate surface area is 139 Å². The number of nitrogens with zero attached hydrogens (tertiary/aromatic N) is 2. The SMILES string of the molecule is CC(C)(C)OC(=O)N1CCN(C(=O)NCC2CCCCC2)CC1. The summed E-state index contributed by atoms with van der Waals surface area (Å²) in [7, 11) is 0. The Kier molecular flexibility index (Phi) is 6.13. The van der Waals surface area contributed by atoms with E-state index in [2.05, 4.69) is 5.32 Å². The van der Waals surface area contributed by atoms with Gasteiger partial charge < -0.3 is 19.9 Å². The number of rotatable bonds is 2. The lowest BCUT2D eigenvalue weighted by atomic mass is 9.89. The lowest BCUT2D eigenvalue weighted by Gasteiger charge is -2.35. The first-order valence-electron chi connectivity index (χ1n) is 8.86. The van der Waals surface area contributed by atoms with Gasteiger partial charge in [-0.1, -0.05) is 19.3 Å². The van der Waals surface area contributed by atoms with Crippen LogP contribution in [0.2, 0.25) is 0 Å². The Bertz CT molecular complexity index is 406. The minimum atomic E-state index is -0.481. The predicted octanol–water partition coefficient (Wildman–Crippen LogP) is 2.83. The molecular formula is C17H31N3O3. The summed E-state index contributed by atoms with van der Waals surface area (Å²) in [6.45, 7) is 8.56. The van der Waals surface area contributed by atoms with Crippen LogP contribution >= 0.6 is 0 Å². The third-order valence-corrected chi connectivity index (χ3v) is 4.49. The summed E-state index contributed by atoms with van der Waals surface area (Å²) in [5.74, 6) is 0.635. The smallest absolute Gasteiger partial charge is 0.410 e. The van der Waals surface area contributed by atoms with Gasteiger partial charge in [-0.25, -0.2) is 9.59 Å². The molecule has 0 aromatic heterocycles. The van der Waals surface area contributed by atoms with E-state index in [0.29, 0.717) is 32.1 Å². The minimum Gasteiger partial charge on any atom is -0.444 e. The maximum Gasteiger partial charge on any atom is 0.410 e. The number of ether oxygens (including phenoxy) is 1. The second-order valence-corrected chi connectivity index (χ2v) is 7.64. The van der Waals surface area contributed by atoms with Gasteiger partial charge in [0.25, 0.3) is 0 Å². The number of carbonyl (C=O) groups is 2. The van der Waals surface area contributed by atoms with E-state index in [1.54, 1.807) is 9.80 Å². The Morgan fingerprint density at radius 1 is 1.00 bits per heavy atom. The van der Waals surface area contributed by atoms with E-state index in [4.69, 9.17) is 4.74 Å². The Morgan fingerprint density at radius 2 is 1.57 bits per heavy atom. The maximum atomic E-state index is 12.2. The summed E-state index contributed by atoms with van der Waals surface area (Å²) in [6, 6.07) is -0.000544. The first kappa shape index (κ1) is 17.9. The monoisotopic (exact) mass is 325 g/mol. The number of hydrogen-bond donors (Lipinski definition) is 1. The molecule has 1 N–H and O–H groups in total. The predicted molar refractivity (Wildman–Crippen MR) is 89.4 cm³/mol. The molecule has 0 atom stereocenters. The van der Waals surface area contributed by atoms with Crippen molar-refractivity contribution < 1.29 is 14.3 Å². The molecular weight excluding hydrogens is 294 g/mol. The number of nitrogens with one attached hydrogen (secondary N) is 1. The maximum absolute atomic E-state index is 12.2. The molecule has 132 valence electrons. The van der Waals surface area contributed by atoms with Crippen molar-refractivity contribution in [3.05, 3.63) is 0 Å². The first-order valence-corrected chi connectivity index (χ1v) is 8.86. The molecule has 1 aliphatic carbocycles. The van der Waals surface area contributed by atoms with Crippen LogP contribution in [0.1, 0.15) is 52.9 Å². The third kappa shape index (κ3) is 5.92. The third-order valence-electron chi connectivity index (χ3n) is 4.49. The van der Waals surface area contributed by atoms with Crippen molar-refractivity contribution in [3.8, 4) is 0 Å². The van der Waals surface area contributed by atoms with E-state index in [1.165, 1.54) is 32.1 Å². The highest BCUT2D eigenvalue weighted by molar-refractivity contribution is 5.75. The molecule has 1 saturated heterocycles. The molecule has 2 rings (SSSR count). The summed E-state index contributed by atoms with van der Waals surface area (Å²) in [5.41, 5.74) is -0.481. The quantitative estimate of drug-likeness (QED) is 0.849. The highest BCUT2D eigenvalue weighted by Crippen LogP contribution is 2.22. The van der Waals surface area contributed by atoms with Crippen LogP contribution < -0.4 is 5.32 Å². The highest BCUT2D eigenvalue weighted by Gasteiger charge is 2.27. The van der Waals surface area contributed by atoms with Crippen LogP contribution in [0.4, 0.5) is 9.59 Å². The highest BCUT2D eigenvalue weighted by atomic mass is 16.6. The number of urea groups is 1. The van der Waals surface area contributed by atoms with Gasteiger partial charge in [0.2, 0.25) is 0 Å². The molecule has 1 aliphatic heterocycles. The van der Waals surface area contributed by atoms with E-state index in [-0.39, 0.29) is 12.1 Å². The zero-order valence-electron chi connectivity index (χ0n) is 14.8. The number of hydrogen-bond acceptors (Lipinski definition) is 3.